The number of aryl methyl sites for hydroxylation is 1. The van der Waals surface area contributed by atoms with Crippen LogP contribution in [0.3, 0.4) is 0 Å². The van der Waals surface area contributed by atoms with E-state index in [0.717, 1.165) is 24.9 Å². The number of benzene rings is 2. The van der Waals surface area contributed by atoms with E-state index in [-0.39, 0.29) is 5.82 Å². The van der Waals surface area contributed by atoms with Crippen LogP contribution in [-0.4, -0.2) is 6.04 Å². The summed E-state index contributed by atoms with van der Waals surface area (Å²) in [6, 6.07) is 14.1. The molecule has 2 aromatic rings. The molecule has 2 aromatic carbocycles. The SMILES string of the molecule is Fc1ccc(NC2CCc3ccccc3C2)cc1Br. The van der Waals surface area contributed by atoms with Crippen molar-refractivity contribution in [1.29, 1.82) is 0 Å². The summed E-state index contributed by atoms with van der Waals surface area (Å²) in [6.07, 6.45) is 3.26. The Bertz CT molecular complexity index is 597. The molecule has 1 aliphatic rings. The van der Waals surface area contributed by atoms with Crippen molar-refractivity contribution in [3.05, 3.63) is 63.9 Å². The highest BCUT2D eigenvalue weighted by Gasteiger charge is 2.18. The maximum Gasteiger partial charge on any atom is 0.137 e. The lowest BCUT2D eigenvalue weighted by Gasteiger charge is -2.26. The van der Waals surface area contributed by atoms with Crippen LogP contribution >= 0.6 is 15.9 Å². The summed E-state index contributed by atoms with van der Waals surface area (Å²) >= 11 is 3.22. The highest BCUT2D eigenvalue weighted by molar-refractivity contribution is 9.10. The van der Waals surface area contributed by atoms with Crippen molar-refractivity contribution in [2.24, 2.45) is 0 Å². The topological polar surface area (TPSA) is 12.0 Å². The molecular formula is C16H15BrFN. The van der Waals surface area contributed by atoms with E-state index in [9.17, 15) is 4.39 Å². The predicted octanol–water partition coefficient (Wildman–Crippen LogP) is 4.56. The third-order valence-corrected chi connectivity index (χ3v) is 4.24. The Kier molecular flexibility index (Phi) is 3.56. The molecule has 1 unspecified atom stereocenters. The van der Waals surface area contributed by atoms with E-state index in [4.69, 9.17) is 0 Å². The van der Waals surface area contributed by atoms with Crippen LogP contribution in [0.2, 0.25) is 0 Å². The van der Waals surface area contributed by atoms with Gasteiger partial charge in [0.1, 0.15) is 5.82 Å². The Balaban J connectivity index is 1.73. The summed E-state index contributed by atoms with van der Waals surface area (Å²) in [6.45, 7) is 0. The Morgan fingerprint density at radius 1 is 1.11 bits per heavy atom. The van der Waals surface area contributed by atoms with E-state index in [1.165, 1.54) is 17.2 Å². The van der Waals surface area contributed by atoms with Crippen LogP contribution in [0.1, 0.15) is 17.5 Å². The van der Waals surface area contributed by atoms with Crippen LogP contribution in [0, 0.1) is 5.82 Å². The van der Waals surface area contributed by atoms with Crippen molar-refractivity contribution < 1.29 is 4.39 Å². The molecule has 98 valence electrons. The molecule has 1 nitrogen and oxygen atoms in total. The first-order chi connectivity index (χ1) is 9.22. The quantitative estimate of drug-likeness (QED) is 0.855. The summed E-state index contributed by atoms with van der Waals surface area (Å²) in [5.74, 6) is -0.223. The summed E-state index contributed by atoms with van der Waals surface area (Å²) in [5.41, 5.74) is 3.85. The van der Waals surface area contributed by atoms with Gasteiger partial charge in [0, 0.05) is 11.7 Å². The van der Waals surface area contributed by atoms with Gasteiger partial charge in [-0.25, -0.2) is 4.39 Å². The van der Waals surface area contributed by atoms with Crippen LogP contribution < -0.4 is 5.32 Å². The van der Waals surface area contributed by atoms with Crippen LogP contribution in [0.4, 0.5) is 10.1 Å². The second kappa shape index (κ2) is 5.33. The Labute approximate surface area is 121 Å². The van der Waals surface area contributed by atoms with E-state index in [0.29, 0.717) is 10.5 Å². The molecule has 1 aliphatic carbocycles. The van der Waals surface area contributed by atoms with E-state index in [1.807, 2.05) is 0 Å². The number of anilines is 1. The summed E-state index contributed by atoms with van der Waals surface area (Å²) in [5, 5.41) is 3.49. The molecule has 0 amide bonds. The van der Waals surface area contributed by atoms with Crippen molar-refractivity contribution in [2.75, 3.05) is 5.32 Å². The predicted molar refractivity (Wildman–Crippen MR) is 80.0 cm³/mol. The summed E-state index contributed by atoms with van der Waals surface area (Å²) in [7, 11) is 0. The molecule has 0 aromatic heterocycles. The first kappa shape index (κ1) is 12.7. The molecule has 0 saturated heterocycles. The summed E-state index contributed by atoms with van der Waals surface area (Å²) in [4.78, 5) is 0. The number of fused-ring (bicyclic) bond motifs is 1. The highest BCUT2D eigenvalue weighted by Crippen LogP contribution is 2.25. The molecule has 0 bridgehead atoms. The minimum absolute atomic E-state index is 0.223. The third kappa shape index (κ3) is 2.81. The molecule has 0 heterocycles. The molecule has 0 radical (unpaired) electrons. The van der Waals surface area contributed by atoms with Gasteiger partial charge in [-0.05, 0) is 64.5 Å². The molecule has 19 heavy (non-hydrogen) atoms. The van der Waals surface area contributed by atoms with Crippen LogP contribution in [-0.2, 0) is 12.8 Å². The van der Waals surface area contributed by atoms with Gasteiger partial charge in [0.25, 0.3) is 0 Å². The molecule has 3 heteroatoms. The van der Waals surface area contributed by atoms with Gasteiger partial charge in [-0.2, -0.15) is 0 Å². The standard InChI is InChI=1S/C16H15BrFN/c17-15-10-14(7-8-16(15)18)19-13-6-5-11-3-1-2-4-12(11)9-13/h1-4,7-8,10,13,19H,5-6,9H2. The van der Waals surface area contributed by atoms with Gasteiger partial charge >= 0.3 is 0 Å². The molecule has 0 spiro atoms. The molecule has 1 N–H and O–H groups in total. The lowest BCUT2D eigenvalue weighted by molar-refractivity contribution is 0.608. The molecular weight excluding hydrogens is 305 g/mol. The smallest absolute Gasteiger partial charge is 0.137 e. The first-order valence-corrected chi connectivity index (χ1v) is 7.30. The zero-order valence-corrected chi connectivity index (χ0v) is 12.1. The fourth-order valence-corrected chi connectivity index (χ4v) is 3.02. The van der Waals surface area contributed by atoms with E-state index < -0.39 is 0 Å². The second-order valence-corrected chi connectivity index (χ2v) is 5.84. The van der Waals surface area contributed by atoms with Crippen molar-refractivity contribution in [3.8, 4) is 0 Å². The largest absolute Gasteiger partial charge is 0.382 e. The van der Waals surface area contributed by atoms with Gasteiger partial charge in [-0.1, -0.05) is 24.3 Å². The number of halogens is 2. The monoisotopic (exact) mass is 319 g/mol. The number of nitrogens with one attached hydrogen (secondary N) is 1. The lowest BCUT2D eigenvalue weighted by atomic mass is 9.88. The Morgan fingerprint density at radius 2 is 1.89 bits per heavy atom. The van der Waals surface area contributed by atoms with Gasteiger partial charge in [0.05, 0.1) is 4.47 Å². The zero-order chi connectivity index (χ0) is 13.2. The van der Waals surface area contributed by atoms with E-state index >= 15 is 0 Å². The fourth-order valence-electron chi connectivity index (χ4n) is 2.64. The van der Waals surface area contributed by atoms with Crippen LogP contribution in [0.25, 0.3) is 0 Å². The fraction of sp³-hybridized carbons (Fsp3) is 0.250. The zero-order valence-electron chi connectivity index (χ0n) is 10.5. The lowest BCUT2D eigenvalue weighted by Crippen LogP contribution is -2.27. The summed E-state index contributed by atoms with van der Waals surface area (Å²) < 4.78 is 13.7. The van der Waals surface area contributed by atoms with Crippen molar-refractivity contribution >= 4 is 21.6 Å². The third-order valence-electron chi connectivity index (χ3n) is 3.64. The number of hydrogen-bond acceptors (Lipinski definition) is 1. The average Bonchev–Trinajstić information content (AvgIpc) is 2.43. The molecule has 0 saturated carbocycles. The molecule has 0 aliphatic heterocycles. The van der Waals surface area contributed by atoms with Gasteiger partial charge in [0.15, 0.2) is 0 Å². The normalized spacial score (nSPS) is 17.9. The van der Waals surface area contributed by atoms with Gasteiger partial charge in [-0.15, -0.1) is 0 Å². The molecule has 0 fully saturated rings. The van der Waals surface area contributed by atoms with Crippen molar-refractivity contribution in [3.63, 3.8) is 0 Å². The van der Waals surface area contributed by atoms with Crippen LogP contribution in [0.5, 0.6) is 0 Å². The van der Waals surface area contributed by atoms with Crippen molar-refractivity contribution in [1.82, 2.24) is 0 Å². The Hall–Kier alpha value is -1.35. The van der Waals surface area contributed by atoms with Crippen LogP contribution in [0.15, 0.2) is 46.9 Å². The number of hydrogen-bond donors (Lipinski definition) is 1. The Morgan fingerprint density at radius 3 is 2.68 bits per heavy atom. The van der Waals surface area contributed by atoms with Gasteiger partial charge in [0.2, 0.25) is 0 Å². The molecule has 3 rings (SSSR count). The average molecular weight is 320 g/mol. The maximum absolute atomic E-state index is 13.2. The van der Waals surface area contributed by atoms with Crippen molar-refractivity contribution in [2.45, 2.75) is 25.3 Å². The van der Waals surface area contributed by atoms with E-state index in [2.05, 4.69) is 45.5 Å². The second-order valence-electron chi connectivity index (χ2n) is 4.98. The number of rotatable bonds is 2. The molecule has 1 atom stereocenters. The first-order valence-electron chi connectivity index (χ1n) is 6.51. The highest BCUT2D eigenvalue weighted by atomic mass is 79.9. The van der Waals surface area contributed by atoms with E-state index in [1.54, 1.807) is 12.1 Å². The van der Waals surface area contributed by atoms with Gasteiger partial charge < -0.3 is 5.32 Å². The van der Waals surface area contributed by atoms with Gasteiger partial charge in [-0.3, -0.25) is 0 Å². The maximum atomic E-state index is 13.2. The minimum Gasteiger partial charge on any atom is -0.382 e. The minimum atomic E-state index is -0.223.